The molecule has 0 spiro atoms. The Bertz CT molecular complexity index is 932. The van der Waals surface area contributed by atoms with E-state index in [0.717, 1.165) is 30.6 Å². The number of carbonyl (C=O) groups is 2. The fourth-order valence-electron chi connectivity index (χ4n) is 4.88. The third-order valence-electron chi connectivity index (χ3n) is 7.53. The third kappa shape index (κ3) is 6.47. The molecular weight excluding hydrogens is 426 g/mol. The molecule has 0 bridgehead atoms. The van der Waals surface area contributed by atoms with Crippen LogP contribution in [0.3, 0.4) is 0 Å². The summed E-state index contributed by atoms with van der Waals surface area (Å²) in [6.07, 6.45) is 2.79. The van der Waals surface area contributed by atoms with Crippen molar-refractivity contribution in [2.24, 2.45) is 16.7 Å². The molecule has 184 valence electrons. The number of esters is 2. The molecule has 5 nitrogen and oxygen atoms in total. The second kappa shape index (κ2) is 11.7. The van der Waals surface area contributed by atoms with Gasteiger partial charge in [-0.2, -0.15) is 0 Å². The van der Waals surface area contributed by atoms with Crippen molar-refractivity contribution in [3.63, 3.8) is 0 Å². The molecule has 0 radical (unpaired) electrons. The average molecular weight is 466 g/mol. The summed E-state index contributed by atoms with van der Waals surface area (Å²) >= 11 is 0. The van der Waals surface area contributed by atoms with E-state index in [-0.39, 0.29) is 31.1 Å². The molecule has 1 heterocycles. The smallest absolute Gasteiger partial charge is 0.312 e. The van der Waals surface area contributed by atoms with Crippen molar-refractivity contribution in [1.29, 1.82) is 0 Å². The van der Waals surface area contributed by atoms with Crippen LogP contribution in [0, 0.1) is 16.7 Å². The number of ether oxygens (including phenoxy) is 2. The number of rotatable bonds is 7. The van der Waals surface area contributed by atoms with Gasteiger partial charge in [-0.15, -0.1) is 0 Å². The van der Waals surface area contributed by atoms with Crippen LogP contribution in [0.25, 0.3) is 0 Å². The van der Waals surface area contributed by atoms with Crippen molar-refractivity contribution in [3.05, 3.63) is 71.8 Å². The molecule has 0 N–H and O–H groups in total. The lowest BCUT2D eigenvalue weighted by Gasteiger charge is -2.39. The number of carbonyl (C=O) groups excluding carboxylic acids is 2. The van der Waals surface area contributed by atoms with Gasteiger partial charge in [0.2, 0.25) is 0 Å². The zero-order valence-corrected chi connectivity index (χ0v) is 21.1. The maximum Gasteiger partial charge on any atom is 0.312 e. The fourth-order valence-corrected chi connectivity index (χ4v) is 4.88. The minimum absolute atomic E-state index is 0.0107. The first kappa shape index (κ1) is 26.0. The van der Waals surface area contributed by atoms with E-state index in [2.05, 4.69) is 18.9 Å². The van der Waals surface area contributed by atoms with Crippen LogP contribution in [-0.4, -0.2) is 37.0 Å². The van der Waals surface area contributed by atoms with Gasteiger partial charge < -0.3 is 14.4 Å². The predicted octanol–water partition coefficient (Wildman–Crippen LogP) is 5.63. The first-order valence-electron chi connectivity index (χ1n) is 12.4. The zero-order valence-electron chi connectivity index (χ0n) is 21.1. The highest BCUT2D eigenvalue weighted by Crippen LogP contribution is 2.45. The molecule has 34 heavy (non-hydrogen) atoms. The lowest BCUT2D eigenvalue weighted by Crippen LogP contribution is -2.42. The number of hydrogen-bond acceptors (Lipinski definition) is 5. The molecule has 3 unspecified atom stereocenters. The highest BCUT2D eigenvalue weighted by molar-refractivity contribution is 5.78. The van der Waals surface area contributed by atoms with E-state index >= 15 is 0 Å². The largest absolute Gasteiger partial charge is 0.460 e. The number of hydrogen-bond donors (Lipinski definition) is 0. The summed E-state index contributed by atoms with van der Waals surface area (Å²) in [5, 5.41) is 0. The van der Waals surface area contributed by atoms with Gasteiger partial charge in [0.05, 0.1) is 10.8 Å². The molecule has 1 fully saturated rings. The maximum absolute atomic E-state index is 13.5. The van der Waals surface area contributed by atoms with Gasteiger partial charge in [0.15, 0.2) is 0 Å². The molecule has 0 aromatic heterocycles. The van der Waals surface area contributed by atoms with Gasteiger partial charge in [-0.25, -0.2) is 0 Å². The highest BCUT2D eigenvalue weighted by atomic mass is 16.5. The molecule has 2 aromatic carbocycles. The Hall–Kier alpha value is -2.66. The van der Waals surface area contributed by atoms with Crippen LogP contribution in [0.2, 0.25) is 0 Å². The maximum atomic E-state index is 13.5. The van der Waals surface area contributed by atoms with E-state index in [1.54, 1.807) is 0 Å². The van der Waals surface area contributed by atoms with Crippen molar-refractivity contribution in [2.75, 3.05) is 20.1 Å². The standard InChI is InChI=1S/C29H39NO4/c1-5-25-20-28(2,26(31)33-21-23-12-8-6-9-13-23)16-18-30(4)19-17-29(25,3)27(32)34-22-24-14-10-7-11-15-24/h6-15,25H,5,16-22H2,1-4H3. The summed E-state index contributed by atoms with van der Waals surface area (Å²) in [4.78, 5) is 29.1. The van der Waals surface area contributed by atoms with E-state index in [0.29, 0.717) is 19.3 Å². The van der Waals surface area contributed by atoms with Crippen LogP contribution in [0.5, 0.6) is 0 Å². The first-order chi connectivity index (χ1) is 16.3. The molecule has 5 heteroatoms. The molecule has 0 saturated carbocycles. The van der Waals surface area contributed by atoms with Gasteiger partial charge in [-0.1, -0.05) is 74.0 Å². The number of nitrogens with zero attached hydrogens (tertiary/aromatic N) is 1. The first-order valence-corrected chi connectivity index (χ1v) is 12.4. The Morgan fingerprint density at radius 1 is 0.853 bits per heavy atom. The summed E-state index contributed by atoms with van der Waals surface area (Å²) in [5.41, 5.74) is 0.598. The van der Waals surface area contributed by atoms with Crippen molar-refractivity contribution >= 4 is 11.9 Å². The molecular formula is C29H39NO4. The minimum Gasteiger partial charge on any atom is -0.460 e. The number of benzene rings is 2. The fraction of sp³-hybridized carbons (Fsp3) is 0.517. The van der Waals surface area contributed by atoms with Gasteiger partial charge in [0.25, 0.3) is 0 Å². The average Bonchev–Trinajstić information content (AvgIpc) is 2.91. The van der Waals surface area contributed by atoms with Gasteiger partial charge in [-0.3, -0.25) is 9.59 Å². The van der Waals surface area contributed by atoms with Crippen LogP contribution in [0.15, 0.2) is 60.7 Å². The van der Waals surface area contributed by atoms with E-state index in [1.807, 2.05) is 74.5 Å². The Balaban J connectivity index is 1.77. The SMILES string of the molecule is CCC1CC(C)(C(=O)OCc2ccccc2)CCN(C)CCC1(C)C(=O)OCc1ccccc1. The quantitative estimate of drug-likeness (QED) is 0.496. The van der Waals surface area contributed by atoms with Crippen molar-refractivity contribution in [3.8, 4) is 0 Å². The van der Waals surface area contributed by atoms with Crippen molar-refractivity contribution in [2.45, 2.75) is 59.7 Å². The monoisotopic (exact) mass is 465 g/mol. The van der Waals surface area contributed by atoms with Crippen LogP contribution < -0.4 is 0 Å². The molecule has 0 amide bonds. The highest BCUT2D eigenvalue weighted by Gasteiger charge is 2.48. The van der Waals surface area contributed by atoms with Gasteiger partial charge in [0.1, 0.15) is 13.2 Å². The summed E-state index contributed by atoms with van der Waals surface area (Å²) < 4.78 is 11.6. The molecule has 3 rings (SSSR count). The Kier molecular flexibility index (Phi) is 8.90. The second-order valence-electron chi connectivity index (χ2n) is 10.2. The Labute approximate surface area is 204 Å². The lowest BCUT2D eigenvalue weighted by molar-refractivity contribution is -0.165. The van der Waals surface area contributed by atoms with E-state index in [4.69, 9.17) is 9.47 Å². The third-order valence-corrected chi connectivity index (χ3v) is 7.53. The molecule has 1 aliphatic heterocycles. The predicted molar refractivity (Wildman–Crippen MR) is 134 cm³/mol. The Morgan fingerprint density at radius 2 is 1.35 bits per heavy atom. The van der Waals surface area contributed by atoms with E-state index < -0.39 is 10.8 Å². The topological polar surface area (TPSA) is 55.8 Å². The molecule has 1 aliphatic rings. The Morgan fingerprint density at radius 3 is 1.88 bits per heavy atom. The van der Waals surface area contributed by atoms with Crippen LogP contribution >= 0.6 is 0 Å². The second-order valence-corrected chi connectivity index (χ2v) is 10.2. The van der Waals surface area contributed by atoms with Crippen LogP contribution in [0.1, 0.15) is 57.6 Å². The van der Waals surface area contributed by atoms with Crippen molar-refractivity contribution in [1.82, 2.24) is 4.90 Å². The molecule has 3 atom stereocenters. The zero-order chi connectivity index (χ0) is 24.6. The molecule has 1 saturated heterocycles. The van der Waals surface area contributed by atoms with E-state index in [1.165, 1.54) is 0 Å². The molecule has 2 aromatic rings. The summed E-state index contributed by atoms with van der Waals surface area (Å²) in [6.45, 7) is 8.20. The van der Waals surface area contributed by atoms with Crippen molar-refractivity contribution < 1.29 is 19.1 Å². The van der Waals surface area contributed by atoms with Crippen LogP contribution in [-0.2, 0) is 32.3 Å². The summed E-state index contributed by atoms with van der Waals surface area (Å²) in [7, 11) is 2.05. The van der Waals surface area contributed by atoms with Gasteiger partial charge >= 0.3 is 11.9 Å². The van der Waals surface area contributed by atoms with E-state index in [9.17, 15) is 9.59 Å². The minimum atomic E-state index is -0.677. The molecule has 0 aliphatic carbocycles. The van der Waals surface area contributed by atoms with Crippen LogP contribution in [0.4, 0.5) is 0 Å². The summed E-state index contributed by atoms with van der Waals surface area (Å²) in [6, 6.07) is 19.5. The van der Waals surface area contributed by atoms with Gasteiger partial charge in [0, 0.05) is 0 Å². The van der Waals surface area contributed by atoms with Gasteiger partial charge in [-0.05, 0) is 70.3 Å². The lowest BCUT2D eigenvalue weighted by atomic mass is 9.66. The normalized spacial score (nSPS) is 26.1. The summed E-state index contributed by atoms with van der Waals surface area (Å²) in [5.74, 6) is -0.361.